The van der Waals surface area contributed by atoms with E-state index in [4.69, 9.17) is 11.6 Å². The van der Waals surface area contributed by atoms with E-state index in [0.717, 1.165) is 28.8 Å². The molecule has 0 fully saturated rings. The van der Waals surface area contributed by atoms with Crippen LogP contribution in [-0.2, 0) is 16.0 Å². The van der Waals surface area contributed by atoms with Crippen molar-refractivity contribution in [3.05, 3.63) is 64.2 Å². The molecule has 0 aliphatic rings. The van der Waals surface area contributed by atoms with Gasteiger partial charge in [-0.05, 0) is 49.6 Å². The van der Waals surface area contributed by atoms with Crippen molar-refractivity contribution in [3.8, 4) is 0 Å². The number of nitrogens with zero attached hydrogens (tertiary/aromatic N) is 1. The molecule has 0 atom stereocenters. The normalized spacial score (nSPS) is 10.5. The zero-order valence-electron chi connectivity index (χ0n) is 15.5. The predicted molar refractivity (Wildman–Crippen MR) is 107 cm³/mol. The highest BCUT2D eigenvalue weighted by Crippen LogP contribution is 2.21. The maximum Gasteiger partial charge on any atom is 0.223 e. The van der Waals surface area contributed by atoms with E-state index in [0.29, 0.717) is 18.1 Å². The molecule has 0 aliphatic carbocycles. The Bertz CT molecular complexity index is 772. The van der Waals surface area contributed by atoms with Gasteiger partial charge in [-0.1, -0.05) is 41.4 Å². The zero-order chi connectivity index (χ0) is 19.1. The number of halogens is 1. The molecule has 26 heavy (non-hydrogen) atoms. The summed E-state index contributed by atoms with van der Waals surface area (Å²) in [6, 6.07) is 13.5. The lowest BCUT2D eigenvalue weighted by Crippen LogP contribution is -2.34. The van der Waals surface area contributed by atoms with E-state index in [1.807, 2.05) is 56.3 Å². The smallest absolute Gasteiger partial charge is 0.223 e. The van der Waals surface area contributed by atoms with Crippen molar-refractivity contribution in [3.63, 3.8) is 0 Å². The number of hydrogen-bond donors (Lipinski definition) is 1. The molecule has 1 N–H and O–H groups in total. The number of anilines is 1. The van der Waals surface area contributed by atoms with E-state index in [-0.39, 0.29) is 18.2 Å². The molecule has 5 heteroatoms. The Morgan fingerprint density at radius 2 is 1.77 bits per heavy atom. The standard InChI is InChI=1S/C21H25ClN2O2/c1-15-4-9-20(16(2)14-15)24(17(3)25)13-11-21(26)23-12-10-18-5-7-19(22)8-6-18/h4-9,14H,10-13H2,1-3H3,(H,23,26). The summed E-state index contributed by atoms with van der Waals surface area (Å²) < 4.78 is 0. The van der Waals surface area contributed by atoms with Crippen LogP contribution in [0, 0.1) is 13.8 Å². The molecule has 0 unspecified atom stereocenters. The summed E-state index contributed by atoms with van der Waals surface area (Å²) in [7, 11) is 0. The van der Waals surface area contributed by atoms with Crippen LogP contribution < -0.4 is 10.2 Å². The Morgan fingerprint density at radius 3 is 2.38 bits per heavy atom. The van der Waals surface area contributed by atoms with E-state index >= 15 is 0 Å². The van der Waals surface area contributed by atoms with Crippen LogP contribution in [0.1, 0.15) is 30.0 Å². The summed E-state index contributed by atoms with van der Waals surface area (Å²) in [6.45, 7) is 6.45. The first-order valence-corrected chi connectivity index (χ1v) is 9.11. The van der Waals surface area contributed by atoms with Gasteiger partial charge in [0.2, 0.25) is 11.8 Å². The van der Waals surface area contributed by atoms with Gasteiger partial charge in [0.05, 0.1) is 0 Å². The van der Waals surface area contributed by atoms with Crippen molar-refractivity contribution >= 4 is 29.1 Å². The monoisotopic (exact) mass is 372 g/mol. The summed E-state index contributed by atoms with van der Waals surface area (Å²) >= 11 is 5.86. The first-order chi connectivity index (χ1) is 12.4. The summed E-state index contributed by atoms with van der Waals surface area (Å²) in [5, 5.41) is 3.61. The highest BCUT2D eigenvalue weighted by molar-refractivity contribution is 6.30. The molecule has 2 aromatic carbocycles. The van der Waals surface area contributed by atoms with E-state index in [1.54, 1.807) is 4.90 Å². The summed E-state index contributed by atoms with van der Waals surface area (Å²) in [5.41, 5.74) is 4.16. The van der Waals surface area contributed by atoms with Crippen molar-refractivity contribution in [2.45, 2.75) is 33.6 Å². The summed E-state index contributed by atoms with van der Waals surface area (Å²) in [6.07, 6.45) is 1.02. The van der Waals surface area contributed by atoms with Crippen LogP contribution in [0.3, 0.4) is 0 Å². The van der Waals surface area contributed by atoms with Gasteiger partial charge in [0.25, 0.3) is 0 Å². The Morgan fingerprint density at radius 1 is 1.08 bits per heavy atom. The molecular formula is C21H25ClN2O2. The summed E-state index contributed by atoms with van der Waals surface area (Å²) in [5.74, 6) is -0.124. The molecule has 0 bridgehead atoms. The molecule has 2 amide bonds. The van der Waals surface area contributed by atoms with Gasteiger partial charge in [0.15, 0.2) is 0 Å². The molecule has 2 aromatic rings. The zero-order valence-corrected chi connectivity index (χ0v) is 16.3. The molecule has 4 nitrogen and oxygen atoms in total. The number of benzene rings is 2. The minimum absolute atomic E-state index is 0.0602. The molecule has 0 saturated heterocycles. The van der Waals surface area contributed by atoms with Crippen LogP contribution in [0.4, 0.5) is 5.69 Å². The van der Waals surface area contributed by atoms with Gasteiger partial charge in [0, 0.05) is 37.1 Å². The molecule has 0 radical (unpaired) electrons. The van der Waals surface area contributed by atoms with Gasteiger partial charge >= 0.3 is 0 Å². The third-order valence-corrected chi connectivity index (χ3v) is 4.49. The van der Waals surface area contributed by atoms with Crippen molar-refractivity contribution in [1.82, 2.24) is 5.32 Å². The Balaban J connectivity index is 1.85. The lowest BCUT2D eigenvalue weighted by atomic mass is 10.1. The van der Waals surface area contributed by atoms with Gasteiger partial charge in [-0.25, -0.2) is 0 Å². The number of aryl methyl sites for hydroxylation is 2. The number of nitrogens with one attached hydrogen (secondary N) is 1. The van der Waals surface area contributed by atoms with Crippen LogP contribution in [-0.4, -0.2) is 24.9 Å². The average Bonchev–Trinajstić information content (AvgIpc) is 2.58. The number of carbonyl (C=O) groups excluding carboxylic acids is 2. The van der Waals surface area contributed by atoms with E-state index in [9.17, 15) is 9.59 Å². The van der Waals surface area contributed by atoms with E-state index in [1.165, 1.54) is 6.92 Å². The topological polar surface area (TPSA) is 49.4 Å². The van der Waals surface area contributed by atoms with Crippen LogP contribution in [0.15, 0.2) is 42.5 Å². The molecule has 0 saturated carbocycles. The average molecular weight is 373 g/mol. The predicted octanol–water partition coefficient (Wildman–Crippen LogP) is 4.06. The SMILES string of the molecule is CC(=O)N(CCC(=O)NCCc1ccc(Cl)cc1)c1ccc(C)cc1C. The second kappa shape index (κ2) is 9.39. The molecule has 0 aromatic heterocycles. The Hall–Kier alpha value is -2.33. The molecule has 0 heterocycles. The van der Waals surface area contributed by atoms with Crippen LogP contribution in [0.2, 0.25) is 5.02 Å². The maximum atomic E-state index is 12.1. The van der Waals surface area contributed by atoms with Gasteiger partial charge < -0.3 is 10.2 Å². The first-order valence-electron chi connectivity index (χ1n) is 8.73. The minimum Gasteiger partial charge on any atom is -0.356 e. The summed E-state index contributed by atoms with van der Waals surface area (Å²) in [4.78, 5) is 25.8. The number of rotatable bonds is 7. The third kappa shape index (κ3) is 5.88. The number of carbonyl (C=O) groups is 2. The highest BCUT2D eigenvalue weighted by Gasteiger charge is 2.15. The number of hydrogen-bond acceptors (Lipinski definition) is 2. The second-order valence-corrected chi connectivity index (χ2v) is 6.87. The van der Waals surface area contributed by atoms with Crippen LogP contribution in [0.25, 0.3) is 0 Å². The molecule has 138 valence electrons. The third-order valence-electron chi connectivity index (χ3n) is 4.23. The van der Waals surface area contributed by atoms with Crippen molar-refractivity contribution in [2.24, 2.45) is 0 Å². The minimum atomic E-state index is -0.0640. The van der Waals surface area contributed by atoms with Gasteiger partial charge in [-0.3, -0.25) is 9.59 Å². The maximum absolute atomic E-state index is 12.1. The van der Waals surface area contributed by atoms with E-state index < -0.39 is 0 Å². The molecular weight excluding hydrogens is 348 g/mol. The van der Waals surface area contributed by atoms with Gasteiger partial charge in [0.1, 0.15) is 0 Å². The van der Waals surface area contributed by atoms with Crippen LogP contribution in [0.5, 0.6) is 0 Å². The number of amides is 2. The van der Waals surface area contributed by atoms with Crippen molar-refractivity contribution < 1.29 is 9.59 Å². The largest absolute Gasteiger partial charge is 0.356 e. The lowest BCUT2D eigenvalue weighted by molar-refractivity contribution is -0.121. The van der Waals surface area contributed by atoms with Crippen LogP contribution >= 0.6 is 11.6 Å². The van der Waals surface area contributed by atoms with Crippen molar-refractivity contribution in [2.75, 3.05) is 18.0 Å². The lowest BCUT2D eigenvalue weighted by Gasteiger charge is -2.23. The highest BCUT2D eigenvalue weighted by atomic mass is 35.5. The second-order valence-electron chi connectivity index (χ2n) is 6.44. The van der Waals surface area contributed by atoms with Gasteiger partial charge in [-0.15, -0.1) is 0 Å². The molecule has 0 spiro atoms. The van der Waals surface area contributed by atoms with Gasteiger partial charge in [-0.2, -0.15) is 0 Å². The quantitative estimate of drug-likeness (QED) is 0.796. The van der Waals surface area contributed by atoms with Crippen molar-refractivity contribution in [1.29, 1.82) is 0 Å². The first kappa shape index (κ1) is 20.0. The fourth-order valence-corrected chi connectivity index (χ4v) is 2.98. The van der Waals surface area contributed by atoms with E-state index in [2.05, 4.69) is 5.32 Å². The Kier molecular flexibility index (Phi) is 7.22. The molecule has 2 rings (SSSR count). The fraction of sp³-hybridized carbons (Fsp3) is 0.333. The fourth-order valence-electron chi connectivity index (χ4n) is 2.85. The molecule has 0 aliphatic heterocycles. The Labute approximate surface area is 160 Å².